The molecule has 0 saturated carbocycles. The fourth-order valence-electron chi connectivity index (χ4n) is 1.82. The topological polar surface area (TPSA) is 54.9 Å². The minimum Gasteiger partial charge on any atom is -0.343 e. The highest BCUT2D eigenvalue weighted by molar-refractivity contribution is 7.11. The van der Waals surface area contributed by atoms with Gasteiger partial charge in [-0.1, -0.05) is 6.07 Å². The van der Waals surface area contributed by atoms with E-state index in [2.05, 4.69) is 15.3 Å². The molecule has 1 atom stereocenters. The predicted molar refractivity (Wildman–Crippen MR) is 71.7 cm³/mol. The molecule has 0 aliphatic rings. The predicted octanol–water partition coefficient (Wildman–Crippen LogP) is 2.79. The molecule has 1 amide bonds. The van der Waals surface area contributed by atoms with Crippen LogP contribution < -0.4 is 5.32 Å². The Balaban J connectivity index is 2.13. The monoisotopic (exact) mass is 279 g/mol. The Morgan fingerprint density at radius 3 is 2.68 bits per heavy atom. The number of thiazole rings is 1. The van der Waals surface area contributed by atoms with E-state index >= 15 is 0 Å². The van der Waals surface area contributed by atoms with E-state index in [0.29, 0.717) is 0 Å². The Labute approximate surface area is 114 Å². The molecule has 6 heteroatoms. The fraction of sp³-hybridized carbons (Fsp3) is 0.308. The van der Waals surface area contributed by atoms with Gasteiger partial charge in [0.2, 0.25) is 5.95 Å². The van der Waals surface area contributed by atoms with Crippen LogP contribution in [0.1, 0.15) is 39.0 Å². The molecule has 0 aliphatic carbocycles. The van der Waals surface area contributed by atoms with Crippen molar-refractivity contribution in [3.05, 3.63) is 45.4 Å². The normalized spacial score (nSPS) is 12.2. The molecule has 0 aromatic carbocycles. The number of hydrogen-bond donors (Lipinski definition) is 1. The van der Waals surface area contributed by atoms with Crippen molar-refractivity contribution >= 4 is 17.2 Å². The molecule has 100 valence electrons. The molecule has 4 nitrogen and oxygen atoms in total. The number of nitrogens with zero attached hydrogens (tertiary/aromatic N) is 2. The lowest BCUT2D eigenvalue weighted by atomic mass is 10.2. The molecule has 0 radical (unpaired) electrons. The molecule has 19 heavy (non-hydrogen) atoms. The minimum atomic E-state index is -0.662. The summed E-state index contributed by atoms with van der Waals surface area (Å²) in [6, 6.07) is 3.97. The first-order valence-corrected chi connectivity index (χ1v) is 6.66. The molecular weight excluding hydrogens is 265 g/mol. The van der Waals surface area contributed by atoms with Crippen LogP contribution in [-0.4, -0.2) is 15.9 Å². The van der Waals surface area contributed by atoms with Crippen LogP contribution in [0.2, 0.25) is 0 Å². The summed E-state index contributed by atoms with van der Waals surface area (Å²) in [5.41, 5.74) is 0.980. The lowest BCUT2D eigenvalue weighted by Gasteiger charge is -2.12. The fourth-order valence-corrected chi connectivity index (χ4v) is 2.75. The van der Waals surface area contributed by atoms with Gasteiger partial charge in [0.1, 0.15) is 5.69 Å². The number of aromatic nitrogens is 2. The number of rotatable bonds is 3. The van der Waals surface area contributed by atoms with Gasteiger partial charge in [-0.25, -0.2) is 9.97 Å². The van der Waals surface area contributed by atoms with Gasteiger partial charge in [-0.3, -0.25) is 4.79 Å². The van der Waals surface area contributed by atoms with Crippen LogP contribution in [0, 0.1) is 19.8 Å². The molecule has 1 N–H and O–H groups in total. The van der Waals surface area contributed by atoms with Crippen LogP contribution in [0.25, 0.3) is 0 Å². The molecule has 0 spiro atoms. The van der Waals surface area contributed by atoms with E-state index in [0.717, 1.165) is 15.6 Å². The second-order valence-corrected chi connectivity index (χ2v) is 5.46. The summed E-state index contributed by atoms with van der Waals surface area (Å²) in [6.07, 6.45) is 0. The highest BCUT2D eigenvalue weighted by Crippen LogP contribution is 2.24. The zero-order chi connectivity index (χ0) is 14.0. The average molecular weight is 279 g/mol. The zero-order valence-corrected chi connectivity index (χ0v) is 11.7. The summed E-state index contributed by atoms with van der Waals surface area (Å²) < 4.78 is 13.0. The third-order valence-electron chi connectivity index (χ3n) is 2.63. The number of aryl methyl sites for hydroxylation is 2. The van der Waals surface area contributed by atoms with Crippen molar-refractivity contribution in [3.8, 4) is 0 Å². The summed E-state index contributed by atoms with van der Waals surface area (Å²) >= 11 is 1.54. The van der Waals surface area contributed by atoms with E-state index in [4.69, 9.17) is 0 Å². The van der Waals surface area contributed by atoms with E-state index < -0.39 is 11.9 Å². The number of amides is 1. The van der Waals surface area contributed by atoms with Gasteiger partial charge in [0, 0.05) is 4.88 Å². The molecule has 0 bridgehead atoms. The van der Waals surface area contributed by atoms with Gasteiger partial charge < -0.3 is 5.32 Å². The quantitative estimate of drug-likeness (QED) is 0.879. The Morgan fingerprint density at radius 1 is 1.37 bits per heavy atom. The van der Waals surface area contributed by atoms with E-state index in [-0.39, 0.29) is 11.7 Å². The highest BCUT2D eigenvalue weighted by atomic mass is 32.1. The standard InChI is InChI=1S/C13H14FN3OS/c1-7-12(19-9(3)15-7)8(2)16-13(18)10-5-4-6-11(14)17-10/h4-6,8H,1-3H3,(H,16,18). The first-order valence-electron chi connectivity index (χ1n) is 5.84. The lowest BCUT2D eigenvalue weighted by Crippen LogP contribution is -2.27. The smallest absolute Gasteiger partial charge is 0.270 e. The van der Waals surface area contributed by atoms with Gasteiger partial charge in [0.15, 0.2) is 0 Å². The third kappa shape index (κ3) is 3.14. The van der Waals surface area contributed by atoms with Gasteiger partial charge in [0.25, 0.3) is 5.91 Å². The zero-order valence-electron chi connectivity index (χ0n) is 10.9. The molecule has 0 aliphatic heterocycles. The minimum absolute atomic E-state index is 0.0748. The van der Waals surface area contributed by atoms with Crippen LogP contribution in [0.5, 0.6) is 0 Å². The molecule has 0 saturated heterocycles. The maximum absolute atomic E-state index is 13.0. The van der Waals surface area contributed by atoms with Crippen LogP contribution in [0.3, 0.4) is 0 Å². The Morgan fingerprint density at radius 2 is 2.11 bits per heavy atom. The van der Waals surface area contributed by atoms with Crippen LogP contribution in [0.4, 0.5) is 4.39 Å². The number of carbonyl (C=O) groups is 1. The number of nitrogens with one attached hydrogen (secondary N) is 1. The Kier molecular flexibility index (Phi) is 3.90. The van der Waals surface area contributed by atoms with Crippen LogP contribution >= 0.6 is 11.3 Å². The van der Waals surface area contributed by atoms with Crippen molar-refractivity contribution in [1.29, 1.82) is 0 Å². The lowest BCUT2D eigenvalue weighted by molar-refractivity contribution is 0.0934. The van der Waals surface area contributed by atoms with Crippen molar-refractivity contribution in [2.75, 3.05) is 0 Å². The Hall–Kier alpha value is -1.82. The summed E-state index contributed by atoms with van der Waals surface area (Å²) in [5.74, 6) is -1.05. The molecular formula is C13H14FN3OS. The van der Waals surface area contributed by atoms with Crippen LogP contribution in [-0.2, 0) is 0 Å². The summed E-state index contributed by atoms with van der Waals surface area (Å²) in [6.45, 7) is 5.70. The van der Waals surface area contributed by atoms with E-state index in [1.807, 2.05) is 20.8 Å². The summed E-state index contributed by atoms with van der Waals surface area (Å²) in [4.78, 5) is 20.8. The second-order valence-electron chi connectivity index (χ2n) is 4.22. The Bertz CT molecular complexity index is 612. The average Bonchev–Trinajstić information content (AvgIpc) is 2.68. The maximum atomic E-state index is 13.0. The summed E-state index contributed by atoms with van der Waals surface area (Å²) in [7, 11) is 0. The second kappa shape index (κ2) is 5.44. The number of halogens is 1. The van der Waals surface area contributed by atoms with Crippen molar-refractivity contribution in [2.24, 2.45) is 0 Å². The molecule has 2 rings (SSSR count). The van der Waals surface area contributed by atoms with Crippen molar-refractivity contribution in [2.45, 2.75) is 26.8 Å². The van der Waals surface area contributed by atoms with Crippen molar-refractivity contribution in [3.63, 3.8) is 0 Å². The molecule has 2 aromatic heterocycles. The van der Waals surface area contributed by atoms with E-state index in [9.17, 15) is 9.18 Å². The number of carbonyl (C=O) groups excluding carboxylic acids is 1. The third-order valence-corrected chi connectivity index (χ3v) is 3.88. The highest BCUT2D eigenvalue weighted by Gasteiger charge is 2.17. The molecule has 2 heterocycles. The largest absolute Gasteiger partial charge is 0.343 e. The van der Waals surface area contributed by atoms with Gasteiger partial charge in [-0.2, -0.15) is 4.39 Å². The van der Waals surface area contributed by atoms with Gasteiger partial charge in [-0.05, 0) is 32.9 Å². The first-order chi connectivity index (χ1) is 8.97. The van der Waals surface area contributed by atoms with Crippen molar-refractivity contribution < 1.29 is 9.18 Å². The molecule has 2 aromatic rings. The van der Waals surface area contributed by atoms with Gasteiger partial charge >= 0.3 is 0 Å². The summed E-state index contributed by atoms with van der Waals surface area (Å²) in [5, 5.41) is 3.75. The first kappa shape index (κ1) is 13.6. The SMILES string of the molecule is Cc1nc(C)c(C(C)NC(=O)c2cccc(F)n2)s1. The van der Waals surface area contributed by atoms with E-state index in [1.165, 1.54) is 18.2 Å². The van der Waals surface area contributed by atoms with Gasteiger partial charge in [-0.15, -0.1) is 11.3 Å². The number of hydrogen-bond acceptors (Lipinski definition) is 4. The van der Waals surface area contributed by atoms with Crippen LogP contribution in [0.15, 0.2) is 18.2 Å². The van der Waals surface area contributed by atoms with E-state index in [1.54, 1.807) is 11.3 Å². The number of pyridine rings is 1. The van der Waals surface area contributed by atoms with Crippen molar-refractivity contribution in [1.82, 2.24) is 15.3 Å². The molecule has 1 unspecified atom stereocenters. The maximum Gasteiger partial charge on any atom is 0.270 e. The molecule has 0 fully saturated rings. The van der Waals surface area contributed by atoms with Gasteiger partial charge in [0.05, 0.1) is 16.7 Å².